The molecule has 0 radical (unpaired) electrons. The van der Waals surface area contributed by atoms with Crippen molar-refractivity contribution in [1.29, 1.82) is 0 Å². The predicted octanol–water partition coefficient (Wildman–Crippen LogP) is 5.06. The zero-order chi connectivity index (χ0) is 32.0. The lowest BCUT2D eigenvalue weighted by Gasteiger charge is -2.48. The van der Waals surface area contributed by atoms with Crippen LogP contribution in [0.25, 0.3) is 5.70 Å². The van der Waals surface area contributed by atoms with Crippen molar-refractivity contribution < 1.29 is 37.4 Å². The molecule has 1 aliphatic heterocycles. The minimum absolute atomic E-state index is 0.0109. The Labute approximate surface area is 253 Å². The summed E-state index contributed by atoms with van der Waals surface area (Å²) in [4.78, 5) is 42.5. The highest BCUT2D eigenvalue weighted by atomic mass is 19.4. The number of aliphatic hydroxyl groups excluding tert-OH is 1. The van der Waals surface area contributed by atoms with Crippen LogP contribution in [0.5, 0.6) is 5.75 Å². The molecule has 0 bridgehead atoms. The van der Waals surface area contributed by atoms with E-state index in [-0.39, 0.29) is 5.70 Å². The number of hydrazine groups is 1. The molecule has 0 saturated carbocycles. The van der Waals surface area contributed by atoms with Gasteiger partial charge in [-0.3, -0.25) is 14.4 Å². The highest BCUT2D eigenvalue weighted by molar-refractivity contribution is 5.98. The first-order valence-electron chi connectivity index (χ1n) is 14.1. The molecule has 0 spiro atoms. The summed E-state index contributed by atoms with van der Waals surface area (Å²) in [6.07, 6.45) is -7.16. The van der Waals surface area contributed by atoms with Gasteiger partial charge in [0.1, 0.15) is 11.8 Å². The fourth-order valence-electron chi connectivity index (χ4n) is 5.16. The Morgan fingerprint density at radius 2 is 1.48 bits per heavy atom. The molecule has 0 saturated heterocycles. The van der Waals surface area contributed by atoms with Gasteiger partial charge in [0.2, 0.25) is 5.91 Å². The summed E-state index contributed by atoms with van der Waals surface area (Å²) < 4.78 is 48.0. The molecule has 1 aliphatic rings. The number of ether oxygens (including phenoxy) is 1. The van der Waals surface area contributed by atoms with Gasteiger partial charge in [0.25, 0.3) is 11.8 Å². The van der Waals surface area contributed by atoms with Gasteiger partial charge in [-0.15, -0.1) is 0 Å². The van der Waals surface area contributed by atoms with Crippen LogP contribution in [0, 0.1) is 5.92 Å². The lowest BCUT2D eigenvalue weighted by atomic mass is 9.96. The van der Waals surface area contributed by atoms with Crippen molar-refractivity contribution in [2.24, 2.45) is 5.92 Å². The van der Waals surface area contributed by atoms with Crippen LogP contribution < -0.4 is 4.74 Å². The second kappa shape index (κ2) is 13.8. The molecule has 1 heterocycles. The Morgan fingerprint density at radius 3 is 2.00 bits per heavy atom. The lowest BCUT2D eigenvalue weighted by molar-refractivity contribution is -0.232. The van der Waals surface area contributed by atoms with E-state index < -0.39 is 61.0 Å². The molecule has 8 nitrogen and oxygen atoms in total. The summed E-state index contributed by atoms with van der Waals surface area (Å²) in [5.41, 5.74) is 0.760. The van der Waals surface area contributed by atoms with E-state index in [0.717, 1.165) is 11.9 Å². The van der Waals surface area contributed by atoms with Gasteiger partial charge in [0.05, 0.1) is 11.7 Å². The lowest BCUT2D eigenvalue weighted by Crippen LogP contribution is -2.65. The average Bonchev–Trinajstić information content (AvgIpc) is 3.00. The molecule has 232 valence electrons. The second-order valence-corrected chi connectivity index (χ2v) is 10.7. The third-order valence-electron chi connectivity index (χ3n) is 7.19. The number of alkyl halides is 3. The van der Waals surface area contributed by atoms with Crippen molar-refractivity contribution in [3.05, 3.63) is 108 Å². The summed E-state index contributed by atoms with van der Waals surface area (Å²) >= 11 is 0. The molecule has 3 unspecified atom stereocenters. The van der Waals surface area contributed by atoms with Crippen LogP contribution in [-0.2, 0) is 20.8 Å². The first-order valence-corrected chi connectivity index (χ1v) is 14.1. The number of carbonyl (C=O) groups is 3. The van der Waals surface area contributed by atoms with Gasteiger partial charge in [-0.1, -0.05) is 92.7 Å². The summed E-state index contributed by atoms with van der Waals surface area (Å²) in [5.74, 6) is -2.37. The number of rotatable bonds is 10. The van der Waals surface area contributed by atoms with E-state index in [1.165, 1.54) is 11.1 Å². The standard InChI is InChI=1S/C33H34F3N3O5/c1-22(2)30-32(43)39(38(23(3)40)27(31(42)33(34,35)36)19-24-13-7-4-8-14-24)28(25-15-9-5-10-16-25)20-37(30)29(41)21-44-26-17-11-6-12-18-26/h4-18,20,22,27,30-31,42H,19,21H2,1-3H3. The number of halogens is 3. The Bertz CT molecular complexity index is 1470. The maximum Gasteiger partial charge on any atom is 0.416 e. The van der Waals surface area contributed by atoms with Gasteiger partial charge < -0.3 is 14.7 Å². The number of amides is 3. The van der Waals surface area contributed by atoms with Gasteiger partial charge >= 0.3 is 6.18 Å². The molecule has 4 rings (SSSR count). The first kappa shape index (κ1) is 32.3. The van der Waals surface area contributed by atoms with Crippen LogP contribution in [0.15, 0.2) is 97.2 Å². The topological polar surface area (TPSA) is 90.4 Å². The predicted molar refractivity (Wildman–Crippen MR) is 157 cm³/mol. The maximum absolute atomic E-state index is 14.4. The fraction of sp³-hybridized carbons (Fsp3) is 0.303. The minimum atomic E-state index is -5.11. The van der Waals surface area contributed by atoms with E-state index >= 15 is 0 Å². The molecule has 11 heteroatoms. The third-order valence-corrected chi connectivity index (χ3v) is 7.19. The number of hydrogen-bond donors (Lipinski definition) is 1. The van der Waals surface area contributed by atoms with E-state index in [4.69, 9.17) is 4.74 Å². The molecule has 0 aromatic heterocycles. The Balaban J connectivity index is 1.85. The quantitative estimate of drug-likeness (QED) is 0.347. The molecular formula is C33H34F3N3O5. The molecule has 3 aromatic carbocycles. The van der Waals surface area contributed by atoms with Gasteiger partial charge in [-0.2, -0.15) is 13.2 Å². The Kier molecular flexibility index (Phi) is 10.1. The summed E-state index contributed by atoms with van der Waals surface area (Å²) in [6.45, 7) is 3.99. The number of carbonyl (C=O) groups excluding carboxylic acids is 3. The van der Waals surface area contributed by atoms with Crippen LogP contribution >= 0.6 is 0 Å². The Hall–Kier alpha value is -4.64. The molecule has 3 amide bonds. The van der Waals surface area contributed by atoms with E-state index in [1.54, 1.807) is 105 Å². The van der Waals surface area contributed by atoms with E-state index in [1.807, 2.05) is 0 Å². The van der Waals surface area contributed by atoms with Gasteiger partial charge in [0.15, 0.2) is 12.7 Å². The summed E-state index contributed by atoms with van der Waals surface area (Å²) in [5, 5.41) is 12.2. The van der Waals surface area contributed by atoms with Crippen LogP contribution in [-0.4, -0.2) is 68.7 Å². The van der Waals surface area contributed by atoms with Crippen LogP contribution in [0.3, 0.4) is 0 Å². The molecule has 1 N–H and O–H groups in total. The largest absolute Gasteiger partial charge is 0.484 e. The van der Waals surface area contributed by atoms with Crippen molar-refractivity contribution in [3.63, 3.8) is 0 Å². The van der Waals surface area contributed by atoms with Crippen molar-refractivity contribution >= 4 is 23.4 Å². The molecule has 0 aliphatic carbocycles. The fourth-order valence-corrected chi connectivity index (χ4v) is 5.16. The van der Waals surface area contributed by atoms with E-state index in [0.29, 0.717) is 21.9 Å². The second-order valence-electron chi connectivity index (χ2n) is 10.7. The van der Waals surface area contributed by atoms with Crippen molar-refractivity contribution in [2.45, 2.75) is 51.6 Å². The molecule has 3 aromatic rings. The monoisotopic (exact) mass is 609 g/mol. The van der Waals surface area contributed by atoms with Gasteiger partial charge in [-0.05, 0) is 30.0 Å². The SMILES string of the molecule is CC(=O)N(C(Cc1ccccc1)C(O)C(F)(F)F)N1C(=O)C(C(C)C)N(C(=O)COc2ccccc2)C=C1c1ccccc1. The third kappa shape index (κ3) is 7.28. The number of aliphatic hydroxyl groups is 1. The number of hydrogen-bond acceptors (Lipinski definition) is 5. The average molecular weight is 610 g/mol. The summed E-state index contributed by atoms with van der Waals surface area (Å²) in [6, 6.07) is 21.8. The van der Waals surface area contributed by atoms with Gasteiger partial charge in [0, 0.05) is 18.7 Å². The minimum Gasteiger partial charge on any atom is -0.484 e. The van der Waals surface area contributed by atoms with Crippen LogP contribution in [0.2, 0.25) is 0 Å². The van der Waals surface area contributed by atoms with Gasteiger partial charge in [-0.25, -0.2) is 10.0 Å². The van der Waals surface area contributed by atoms with Crippen LogP contribution in [0.4, 0.5) is 13.2 Å². The highest BCUT2D eigenvalue weighted by Gasteiger charge is 2.51. The molecular weight excluding hydrogens is 575 g/mol. The summed E-state index contributed by atoms with van der Waals surface area (Å²) in [7, 11) is 0. The van der Waals surface area contributed by atoms with Crippen LogP contribution in [0.1, 0.15) is 31.9 Å². The van der Waals surface area contributed by atoms with E-state index in [9.17, 15) is 32.7 Å². The van der Waals surface area contributed by atoms with Crippen molar-refractivity contribution in [2.75, 3.05) is 6.61 Å². The maximum atomic E-state index is 14.4. The number of para-hydroxylation sites is 1. The highest BCUT2D eigenvalue weighted by Crippen LogP contribution is 2.35. The molecule has 44 heavy (non-hydrogen) atoms. The molecule has 0 fully saturated rings. The van der Waals surface area contributed by atoms with E-state index in [2.05, 4.69) is 0 Å². The number of benzene rings is 3. The number of nitrogens with zero attached hydrogens (tertiary/aromatic N) is 3. The van der Waals surface area contributed by atoms with Crippen molar-refractivity contribution in [1.82, 2.24) is 14.9 Å². The first-order chi connectivity index (χ1) is 20.9. The molecule has 3 atom stereocenters. The zero-order valence-electron chi connectivity index (χ0n) is 24.5. The Morgan fingerprint density at radius 1 is 0.932 bits per heavy atom. The zero-order valence-corrected chi connectivity index (χ0v) is 24.5. The van der Waals surface area contributed by atoms with Crippen molar-refractivity contribution in [3.8, 4) is 5.75 Å². The smallest absolute Gasteiger partial charge is 0.416 e. The normalized spacial score (nSPS) is 16.8.